The van der Waals surface area contributed by atoms with Gasteiger partial charge in [-0.1, -0.05) is 0 Å². The molecule has 9 nitrogen and oxygen atoms in total. The lowest BCUT2D eigenvalue weighted by atomic mass is 10.1. The van der Waals surface area contributed by atoms with Crippen LogP contribution in [0.15, 0.2) is 47.4 Å². The van der Waals surface area contributed by atoms with Gasteiger partial charge >= 0.3 is 0 Å². The highest BCUT2D eigenvalue weighted by Crippen LogP contribution is 2.24. The molecule has 0 spiro atoms. The molecule has 11 heteroatoms. The third kappa shape index (κ3) is 6.18. The second-order valence-electron chi connectivity index (χ2n) is 7.80. The molecule has 1 N–H and O–H groups in total. The predicted molar refractivity (Wildman–Crippen MR) is 124 cm³/mol. The summed E-state index contributed by atoms with van der Waals surface area (Å²) in [6.07, 6.45) is 1.65. The monoisotopic (exact) mass is 494 g/mol. The molecule has 33 heavy (non-hydrogen) atoms. The van der Waals surface area contributed by atoms with Gasteiger partial charge in [0.1, 0.15) is 11.5 Å². The fraction of sp³-hybridized carbons (Fsp3) is 0.364. The Morgan fingerprint density at radius 3 is 2.21 bits per heavy atom. The summed E-state index contributed by atoms with van der Waals surface area (Å²) in [4.78, 5) is 24.1. The van der Waals surface area contributed by atoms with Gasteiger partial charge in [-0.3, -0.25) is 9.59 Å². The fourth-order valence-electron chi connectivity index (χ4n) is 3.58. The zero-order valence-electron chi connectivity index (χ0n) is 18.4. The van der Waals surface area contributed by atoms with E-state index in [1.165, 1.54) is 60.8 Å². The predicted octanol–water partition coefficient (Wildman–Crippen LogP) is 2.24. The summed E-state index contributed by atoms with van der Waals surface area (Å²) in [7, 11) is -6.06. The van der Waals surface area contributed by atoms with E-state index < -0.39 is 37.3 Å². The second kappa shape index (κ2) is 10.0. The average molecular weight is 495 g/mol. The number of sulfone groups is 1. The minimum absolute atomic E-state index is 0.118. The number of carbonyl (C=O) groups is 2. The maximum Gasteiger partial charge on any atom is 0.243 e. The number of benzene rings is 2. The van der Waals surface area contributed by atoms with Crippen LogP contribution in [0.3, 0.4) is 0 Å². The molecule has 0 aromatic heterocycles. The molecule has 0 bridgehead atoms. The Morgan fingerprint density at radius 1 is 1.00 bits per heavy atom. The quantitative estimate of drug-likeness (QED) is 0.530. The van der Waals surface area contributed by atoms with E-state index in [-0.39, 0.29) is 21.9 Å². The molecule has 3 rings (SSSR count). The van der Waals surface area contributed by atoms with Crippen LogP contribution >= 0.6 is 0 Å². The minimum atomic E-state index is -3.88. The van der Waals surface area contributed by atoms with Crippen molar-refractivity contribution in [1.29, 1.82) is 0 Å². The molecule has 178 valence electrons. The summed E-state index contributed by atoms with van der Waals surface area (Å²) in [5, 5.41) is 2.48. The van der Waals surface area contributed by atoms with Crippen molar-refractivity contribution < 1.29 is 31.2 Å². The number of carbonyl (C=O) groups excluding carboxylic acids is 2. The molecular formula is C22H26N2O7S2. The van der Waals surface area contributed by atoms with Crippen LogP contribution in [0.5, 0.6) is 5.75 Å². The van der Waals surface area contributed by atoms with Gasteiger partial charge in [-0.15, -0.1) is 0 Å². The molecule has 0 unspecified atom stereocenters. The minimum Gasteiger partial charge on any atom is -0.496 e. The van der Waals surface area contributed by atoms with Gasteiger partial charge in [0.2, 0.25) is 15.9 Å². The molecule has 0 saturated carbocycles. The molecular weight excluding hydrogens is 468 g/mol. The summed E-state index contributed by atoms with van der Waals surface area (Å²) >= 11 is 0. The topological polar surface area (TPSA) is 127 Å². The number of amides is 1. The van der Waals surface area contributed by atoms with Crippen LogP contribution in [0.1, 0.15) is 35.7 Å². The van der Waals surface area contributed by atoms with Crippen LogP contribution < -0.4 is 10.1 Å². The normalized spacial score (nSPS) is 14.7. The van der Waals surface area contributed by atoms with Crippen molar-refractivity contribution in [1.82, 2.24) is 4.31 Å². The van der Waals surface area contributed by atoms with Crippen LogP contribution in [-0.4, -0.2) is 58.8 Å². The summed E-state index contributed by atoms with van der Waals surface area (Å²) in [5.41, 5.74) is 0.913. The number of hydrogen-bond donors (Lipinski definition) is 1. The SMILES string of the molecule is COc1ccc(C(C)=O)cc1CS(=O)(=O)CC(=O)Nc1ccc(S(=O)(=O)N2CCCC2)cc1. The maximum atomic E-state index is 12.6. The summed E-state index contributed by atoms with van der Waals surface area (Å²) in [6.45, 7) is 2.34. The molecule has 0 aliphatic carbocycles. The van der Waals surface area contributed by atoms with Crippen molar-refractivity contribution in [2.75, 3.05) is 31.3 Å². The molecule has 1 amide bonds. The first-order chi connectivity index (χ1) is 15.5. The highest BCUT2D eigenvalue weighted by molar-refractivity contribution is 7.91. The standard InChI is InChI=1S/C22H26N2O7S2/c1-16(25)17-5-10-21(31-2)18(13-17)14-32(27,28)15-22(26)23-19-6-8-20(9-7-19)33(29,30)24-11-3-4-12-24/h5-10,13H,3-4,11-12,14-15H2,1-2H3,(H,23,26). The van der Waals surface area contributed by atoms with Gasteiger partial charge in [0.25, 0.3) is 0 Å². The van der Waals surface area contributed by atoms with E-state index in [0.29, 0.717) is 24.4 Å². The van der Waals surface area contributed by atoms with Gasteiger partial charge in [0.15, 0.2) is 15.6 Å². The summed E-state index contributed by atoms with van der Waals surface area (Å²) < 4.78 is 56.9. The van der Waals surface area contributed by atoms with E-state index in [9.17, 15) is 26.4 Å². The Balaban J connectivity index is 1.67. The van der Waals surface area contributed by atoms with Gasteiger partial charge in [0, 0.05) is 29.9 Å². The first-order valence-electron chi connectivity index (χ1n) is 10.3. The van der Waals surface area contributed by atoms with Crippen LogP contribution in [0.4, 0.5) is 5.69 Å². The number of nitrogens with one attached hydrogen (secondary N) is 1. The Labute approximate surface area is 193 Å². The van der Waals surface area contributed by atoms with E-state index in [2.05, 4.69) is 5.32 Å². The number of rotatable bonds is 9. The van der Waals surface area contributed by atoms with Crippen LogP contribution in [-0.2, 0) is 30.4 Å². The molecule has 0 radical (unpaired) electrons. The number of ketones is 1. The van der Waals surface area contributed by atoms with Crippen molar-refractivity contribution in [3.05, 3.63) is 53.6 Å². The number of Topliss-reactive ketones (excluding diaryl/α,β-unsaturated/α-hetero) is 1. The van der Waals surface area contributed by atoms with Crippen LogP contribution in [0.25, 0.3) is 0 Å². The first kappa shape index (κ1) is 24.9. The largest absolute Gasteiger partial charge is 0.496 e. The van der Waals surface area contributed by atoms with Gasteiger partial charge in [-0.05, 0) is 62.2 Å². The highest BCUT2D eigenvalue weighted by Gasteiger charge is 2.27. The molecule has 1 aliphatic heterocycles. The molecule has 2 aromatic carbocycles. The van der Waals surface area contributed by atoms with E-state index in [1.807, 2.05) is 0 Å². The number of methoxy groups -OCH3 is 1. The first-order valence-corrected chi connectivity index (χ1v) is 13.6. The Kier molecular flexibility index (Phi) is 7.55. The number of hydrogen-bond acceptors (Lipinski definition) is 7. The zero-order valence-corrected chi connectivity index (χ0v) is 20.0. The fourth-order valence-corrected chi connectivity index (χ4v) is 6.37. The van der Waals surface area contributed by atoms with Crippen molar-refractivity contribution in [3.63, 3.8) is 0 Å². The van der Waals surface area contributed by atoms with Gasteiger partial charge in [-0.25, -0.2) is 16.8 Å². The van der Waals surface area contributed by atoms with Crippen molar-refractivity contribution in [2.45, 2.75) is 30.4 Å². The lowest BCUT2D eigenvalue weighted by Crippen LogP contribution is -2.28. The summed E-state index contributed by atoms with van der Waals surface area (Å²) in [6, 6.07) is 10.1. The third-order valence-electron chi connectivity index (χ3n) is 5.25. The molecule has 2 aromatic rings. The van der Waals surface area contributed by atoms with Crippen molar-refractivity contribution in [3.8, 4) is 5.75 Å². The van der Waals surface area contributed by atoms with Crippen LogP contribution in [0.2, 0.25) is 0 Å². The lowest BCUT2D eigenvalue weighted by Gasteiger charge is -2.15. The molecule has 0 atom stereocenters. The van der Waals surface area contributed by atoms with E-state index in [0.717, 1.165) is 12.8 Å². The molecule has 1 aliphatic rings. The number of ether oxygens (including phenoxy) is 1. The number of sulfonamides is 1. The smallest absolute Gasteiger partial charge is 0.243 e. The van der Waals surface area contributed by atoms with E-state index >= 15 is 0 Å². The van der Waals surface area contributed by atoms with Crippen molar-refractivity contribution >= 4 is 37.2 Å². The van der Waals surface area contributed by atoms with Gasteiger partial charge in [-0.2, -0.15) is 4.31 Å². The average Bonchev–Trinajstić information content (AvgIpc) is 3.29. The number of nitrogens with zero attached hydrogens (tertiary/aromatic N) is 1. The molecule has 1 heterocycles. The van der Waals surface area contributed by atoms with E-state index in [1.54, 1.807) is 0 Å². The number of anilines is 1. The van der Waals surface area contributed by atoms with Crippen LogP contribution in [0, 0.1) is 0 Å². The second-order valence-corrected chi connectivity index (χ2v) is 11.8. The Morgan fingerprint density at radius 2 is 1.64 bits per heavy atom. The maximum absolute atomic E-state index is 12.6. The Bertz CT molecular complexity index is 1250. The third-order valence-corrected chi connectivity index (χ3v) is 8.62. The Hall–Kier alpha value is -2.76. The molecule has 1 fully saturated rings. The van der Waals surface area contributed by atoms with Gasteiger partial charge in [0.05, 0.1) is 17.8 Å². The highest BCUT2D eigenvalue weighted by atomic mass is 32.2. The molecule has 1 saturated heterocycles. The van der Waals surface area contributed by atoms with E-state index in [4.69, 9.17) is 4.74 Å². The van der Waals surface area contributed by atoms with Crippen molar-refractivity contribution in [2.24, 2.45) is 0 Å². The summed E-state index contributed by atoms with van der Waals surface area (Å²) in [5.74, 6) is -1.93. The van der Waals surface area contributed by atoms with Gasteiger partial charge < -0.3 is 10.1 Å². The zero-order chi connectivity index (χ0) is 24.2. The lowest BCUT2D eigenvalue weighted by molar-refractivity contribution is -0.113.